The molecule has 0 saturated carbocycles. The molecule has 0 radical (unpaired) electrons. The van der Waals surface area contributed by atoms with Crippen molar-refractivity contribution < 1.29 is 23.5 Å². The lowest BCUT2D eigenvalue weighted by Crippen LogP contribution is -2.41. The molecule has 9 nitrogen and oxygen atoms in total. The Hall–Kier alpha value is -3.86. The summed E-state index contributed by atoms with van der Waals surface area (Å²) in [5.74, 6) is -0.865. The summed E-state index contributed by atoms with van der Waals surface area (Å²) in [4.78, 5) is 39.3. The second-order valence-electron chi connectivity index (χ2n) is 7.66. The topological polar surface area (TPSA) is 114 Å². The molecule has 3 aromatic rings. The van der Waals surface area contributed by atoms with Crippen LogP contribution in [0.4, 0.5) is 15.8 Å². The molecular weight excluding hydrogens is 461 g/mol. The fourth-order valence-corrected chi connectivity index (χ4v) is 4.22. The number of carbonyl (C=O) groups is 3. The molecule has 1 fully saturated rings. The zero-order valence-electron chi connectivity index (χ0n) is 18.3. The van der Waals surface area contributed by atoms with Gasteiger partial charge in [-0.2, -0.15) is 0 Å². The van der Waals surface area contributed by atoms with E-state index < -0.39 is 11.7 Å². The molecule has 1 saturated heterocycles. The summed E-state index contributed by atoms with van der Waals surface area (Å²) in [5, 5.41) is 13.3. The summed E-state index contributed by atoms with van der Waals surface area (Å²) in [5.41, 5.74) is 1.09. The van der Waals surface area contributed by atoms with Crippen LogP contribution in [0.15, 0.2) is 48.5 Å². The van der Waals surface area contributed by atoms with Crippen LogP contribution in [0.25, 0.3) is 0 Å². The van der Waals surface area contributed by atoms with Crippen molar-refractivity contribution in [2.75, 3.05) is 30.8 Å². The third-order valence-electron chi connectivity index (χ3n) is 5.41. The Morgan fingerprint density at radius 1 is 0.941 bits per heavy atom. The van der Waals surface area contributed by atoms with E-state index in [1.165, 1.54) is 24.3 Å². The van der Waals surface area contributed by atoms with Crippen LogP contribution in [0.5, 0.6) is 5.75 Å². The van der Waals surface area contributed by atoms with Crippen molar-refractivity contribution in [3.05, 3.63) is 64.4 Å². The van der Waals surface area contributed by atoms with Crippen molar-refractivity contribution in [2.45, 2.75) is 12.8 Å². The molecule has 3 amide bonds. The van der Waals surface area contributed by atoms with Crippen molar-refractivity contribution in [3.63, 3.8) is 0 Å². The van der Waals surface area contributed by atoms with Crippen LogP contribution in [-0.4, -0.2) is 53.0 Å². The first kappa shape index (κ1) is 23.3. The Labute approximate surface area is 198 Å². The molecule has 0 unspecified atom stereocenters. The minimum Gasteiger partial charge on any atom is -0.497 e. The molecule has 176 valence electrons. The van der Waals surface area contributed by atoms with E-state index in [0.29, 0.717) is 43.1 Å². The molecule has 1 aromatic heterocycles. The van der Waals surface area contributed by atoms with E-state index in [2.05, 4.69) is 20.8 Å². The number of halogens is 1. The highest BCUT2D eigenvalue weighted by atomic mass is 32.1. The van der Waals surface area contributed by atoms with Gasteiger partial charge in [0.15, 0.2) is 0 Å². The summed E-state index contributed by atoms with van der Waals surface area (Å²) in [6, 6.07) is 12.4. The normalized spacial score (nSPS) is 13.9. The second kappa shape index (κ2) is 10.4. The predicted molar refractivity (Wildman–Crippen MR) is 125 cm³/mol. The number of anilines is 2. The monoisotopic (exact) mass is 483 g/mol. The number of ether oxygens (including phenoxy) is 1. The number of methoxy groups -OCH3 is 1. The molecule has 0 bridgehead atoms. The number of nitrogens with zero attached hydrogens (tertiary/aromatic N) is 3. The van der Waals surface area contributed by atoms with E-state index in [4.69, 9.17) is 4.74 Å². The number of benzene rings is 2. The molecular formula is C23H22FN5O4S. The zero-order chi connectivity index (χ0) is 24.1. The van der Waals surface area contributed by atoms with Gasteiger partial charge in [0.2, 0.25) is 15.9 Å². The molecule has 1 aliphatic rings. The predicted octanol–water partition coefficient (Wildman–Crippen LogP) is 3.43. The lowest BCUT2D eigenvalue weighted by molar-refractivity contribution is -0.121. The summed E-state index contributed by atoms with van der Waals surface area (Å²) in [6.07, 6.45) is 1.04. The smallest absolute Gasteiger partial charge is 0.286 e. The maximum atomic E-state index is 13.0. The minimum atomic E-state index is -0.530. The first-order valence-corrected chi connectivity index (χ1v) is 11.4. The average Bonchev–Trinajstić information content (AvgIpc) is 3.36. The van der Waals surface area contributed by atoms with Gasteiger partial charge in [-0.3, -0.25) is 14.4 Å². The van der Waals surface area contributed by atoms with Gasteiger partial charge >= 0.3 is 0 Å². The molecule has 2 aromatic carbocycles. The van der Waals surface area contributed by atoms with Gasteiger partial charge in [-0.15, -0.1) is 10.2 Å². The van der Waals surface area contributed by atoms with Gasteiger partial charge in [0.25, 0.3) is 11.8 Å². The average molecular weight is 484 g/mol. The lowest BCUT2D eigenvalue weighted by Gasteiger charge is -2.30. The highest BCUT2D eigenvalue weighted by molar-refractivity contribution is 7.15. The number of hydrogen-bond donors (Lipinski definition) is 2. The van der Waals surface area contributed by atoms with E-state index in [0.717, 1.165) is 11.3 Å². The Morgan fingerprint density at radius 3 is 2.18 bits per heavy atom. The van der Waals surface area contributed by atoms with Gasteiger partial charge in [0.1, 0.15) is 11.6 Å². The fraction of sp³-hybridized carbons (Fsp3) is 0.261. The van der Waals surface area contributed by atoms with Crippen LogP contribution in [-0.2, 0) is 4.79 Å². The number of rotatable bonds is 6. The van der Waals surface area contributed by atoms with Gasteiger partial charge in [0, 0.05) is 30.4 Å². The fourth-order valence-electron chi connectivity index (χ4n) is 3.52. The van der Waals surface area contributed by atoms with Crippen LogP contribution in [0.1, 0.15) is 32.4 Å². The van der Waals surface area contributed by atoms with Gasteiger partial charge in [-0.05, 0) is 61.4 Å². The van der Waals surface area contributed by atoms with Gasteiger partial charge < -0.3 is 20.3 Å². The Balaban J connectivity index is 1.29. The minimum absolute atomic E-state index is 0.0291. The van der Waals surface area contributed by atoms with Crippen LogP contribution in [0, 0.1) is 11.7 Å². The molecule has 34 heavy (non-hydrogen) atoms. The molecule has 0 spiro atoms. The molecule has 11 heteroatoms. The number of piperidine rings is 1. The maximum absolute atomic E-state index is 13.0. The van der Waals surface area contributed by atoms with E-state index in [1.54, 1.807) is 36.3 Å². The van der Waals surface area contributed by atoms with E-state index in [1.807, 2.05) is 0 Å². The summed E-state index contributed by atoms with van der Waals surface area (Å²) in [6.45, 7) is 0.798. The Kier molecular flexibility index (Phi) is 7.12. The van der Waals surface area contributed by atoms with Crippen LogP contribution in [0.2, 0.25) is 0 Å². The van der Waals surface area contributed by atoms with Gasteiger partial charge in [-0.25, -0.2) is 4.39 Å². The SMILES string of the molecule is COc1ccc(NC(=O)C2CCN(C(=O)c3nnc(C(=O)Nc4ccc(F)cc4)s3)CC2)cc1. The number of carbonyl (C=O) groups excluding carboxylic acids is 3. The van der Waals surface area contributed by atoms with Crippen LogP contribution in [0.3, 0.4) is 0 Å². The number of likely N-dealkylation sites (tertiary alicyclic amines) is 1. The van der Waals surface area contributed by atoms with Crippen LogP contribution >= 0.6 is 11.3 Å². The van der Waals surface area contributed by atoms with Crippen molar-refractivity contribution in [3.8, 4) is 5.75 Å². The molecule has 4 rings (SSSR count). The number of amides is 3. The first-order chi connectivity index (χ1) is 16.4. The third-order valence-corrected chi connectivity index (χ3v) is 6.32. The van der Waals surface area contributed by atoms with Gasteiger partial charge in [-0.1, -0.05) is 11.3 Å². The highest BCUT2D eigenvalue weighted by Gasteiger charge is 2.30. The number of hydrogen-bond acceptors (Lipinski definition) is 7. The molecule has 2 N–H and O–H groups in total. The van der Waals surface area contributed by atoms with Crippen molar-refractivity contribution in [2.24, 2.45) is 5.92 Å². The highest BCUT2D eigenvalue weighted by Crippen LogP contribution is 2.23. The maximum Gasteiger partial charge on any atom is 0.286 e. The van der Waals surface area contributed by atoms with Crippen molar-refractivity contribution in [1.82, 2.24) is 15.1 Å². The number of nitrogens with one attached hydrogen (secondary N) is 2. The van der Waals surface area contributed by atoms with E-state index >= 15 is 0 Å². The molecule has 0 atom stereocenters. The Morgan fingerprint density at radius 2 is 1.53 bits per heavy atom. The first-order valence-electron chi connectivity index (χ1n) is 10.6. The third kappa shape index (κ3) is 5.54. The largest absolute Gasteiger partial charge is 0.497 e. The van der Waals surface area contributed by atoms with Crippen LogP contribution < -0.4 is 15.4 Å². The zero-order valence-corrected chi connectivity index (χ0v) is 19.1. The Bertz CT molecular complexity index is 1170. The van der Waals surface area contributed by atoms with Crippen molar-refractivity contribution in [1.29, 1.82) is 0 Å². The summed E-state index contributed by atoms with van der Waals surface area (Å²) >= 11 is 0.888. The summed E-state index contributed by atoms with van der Waals surface area (Å²) < 4.78 is 18.1. The van der Waals surface area contributed by atoms with Crippen molar-refractivity contribution >= 4 is 40.4 Å². The summed E-state index contributed by atoms with van der Waals surface area (Å²) in [7, 11) is 1.58. The molecule has 0 aliphatic carbocycles. The molecule has 1 aliphatic heterocycles. The standard InChI is InChI=1S/C23H22FN5O4S/c1-33-18-8-6-17(7-9-18)25-19(30)14-10-12-29(13-11-14)23(32)22-28-27-21(34-22)20(31)26-16-4-2-15(24)3-5-16/h2-9,14H,10-13H2,1H3,(H,25,30)(H,26,31). The molecule has 2 heterocycles. The second-order valence-corrected chi connectivity index (χ2v) is 8.64. The lowest BCUT2D eigenvalue weighted by atomic mass is 9.95. The quantitative estimate of drug-likeness (QED) is 0.555. The van der Waals surface area contributed by atoms with Gasteiger partial charge in [0.05, 0.1) is 7.11 Å². The number of aromatic nitrogens is 2. The van der Waals surface area contributed by atoms with E-state index in [-0.39, 0.29) is 27.7 Å². The van der Waals surface area contributed by atoms with E-state index in [9.17, 15) is 18.8 Å².